The molecule has 1 saturated carbocycles. The standard InChI is InChI=1S/C11H21N5O2/c1-18-9-5-2-3-6-11(9,10(12)17)14-7-4-8-15-16-13/h9,14H,2-8H2,1H3,(H2,12,17). The summed E-state index contributed by atoms with van der Waals surface area (Å²) in [5.74, 6) is -0.363. The van der Waals surface area contributed by atoms with E-state index < -0.39 is 5.54 Å². The molecule has 0 heterocycles. The molecule has 7 nitrogen and oxygen atoms in total. The average Bonchev–Trinajstić information content (AvgIpc) is 2.38. The van der Waals surface area contributed by atoms with E-state index in [0.717, 1.165) is 19.3 Å². The minimum Gasteiger partial charge on any atom is -0.379 e. The second kappa shape index (κ2) is 7.20. The molecule has 1 aliphatic carbocycles. The largest absolute Gasteiger partial charge is 0.379 e. The van der Waals surface area contributed by atoms with Gasteiger partial charge in [0.15, 0.2) is 0 Å². The van der Waals surface area contributed by atoms with Crippen LogP contribution in [0.2, 0.25) is 0 Å². The van der Waals surface area contributed by atoms with E-state index in [4.69, 9.17) is 16.0 Å². The highest BCUT2D eigenvalue weighted by Gasteiger charge is 2.45. The number of ether oxygens (including phenoxy) is 1. The quantitative estimate of drug-likeness (QED) is 0.307. The van der Waals surface area contributed by atoms with Gasteiger partial charge in [0.1, 0.15) is 5.54 Å². The number of hydrogen-bond donors (Lipinski definition) is 2. The predicted octanol–water partition coefficient (Wildman–Crippen LogP) is 1.09. The summed E-state index contributed by atoms with van der Waals surface area (Å²) in [5, 5.41) is 6.67. The van der Waals surface area contributed by atoms with E-state index in [0.29, 0.717) is 25.9 Å². The van der Waals surface area contributed by atoms with Gasteiger partial charge in [0.25, 0.3) is 0 Å². The lowest BCUT2D eigenvalue weighted by Crippen LogP contribution is -2.64. The van der Waals surface area contributed by atoms with Gasteiger partial charge in [-0.2, -0.15) is 0 Å². The molecule has 0 spiro atoms. The van der Waals surface area contributed by atoms with Crippen molar-refractivity contribution in [3.63, 3.8) is 0 Å². The number of primary amides is 1. The Kier molecular flexibility index (Phi) is 5.91. The van der Waals surface area contributed by atoms with Crippen molar-refractivity contribution in [1.29, 1.82) is 0 Å². The Morgan fingerprint density at radius 3 is 3.06 bits per heavy atom. The fourth-order valence-corrected chi connectivity index (χ4v) is 2.54. The minimum absolute atomic E-state index is 0.178. The van der Waals surface area contributed by atoms with Crippen molar-refractivity contribution >= 4 is 5.91 Å². The molecule has 0 aromatic carbocycles. The monoisotopic (exact) mass is 255 g/mol. The fraction of sp³-hybridized carbons (Fsp3) is 0.909. The number of nitrogens with two attached hydrogens (primary N) is 1. The molecule has 0 aromatic rings. The van der Waals surface area contributed by atoms with Crippen molar-refractivity contribution in [1.82, 2.24) is 5.32 Å². The Balaban J connectivity index is 2.61. The van der Waals surface area contributed by atoms with E-state index in [2.05, 4.69) is 15.3 Å². The SMILES string of the molecule is COC1CCCCC1(NCCCN=[N+]=[N-])C(N)=O. The van der Waals surface area contributed by atoms with Crippen LogP contribution in [0.15, 0.2) is 5.11 Å². The summed E-state index contributed by atoms with van der Waals surface area (Å²) in [5.41, 5.74) is 12.9. The Morgan fingerprint density at radius 2 is 2.44 bits per heavy atom. The Hall–Kier alpha value is -1.30. The van der Waals surface area contributed by atoms with Gasteiger partial charge < -0.3 is 15.8 Å². The van der Waals surface area contributed by atoms with Crippen molar-refractivity contribution in [2.45, 2.75) is 43.7 Å². The van der Waals surface area contributed by atoms with Crippen LogP contribution in [-0.4, -0.2) is 37.7 Å². The van der Waals surface area contributed by atoms with Crippen LogP contribution in [0.25, 0.3) is 10.4 Å². The molecular weight excluding hydrogens is 234 g/mol. The number of rotatable bonds is 7. The van der Waals surface area contributed by atoms with Gasteiger partial charge >= 0.3 is 0 Å². The van der Waals surface area contributed by atoms with Gasteiger partial charge in [-0.3, -0.25) is 4.79 Å². The molecule has 1 amide bonds. The summed E-state index contributed by atoms with van der Waals surface area (Å²) in [4.78, 5) is 14.4. The van der Waals surface area contributed by atoms with E-state index in [-0.39, 0.29) is 12.0 Å². The van der Waals surface area contributed by atoms with Crippen LogP contribution in [0.3, 0.4) is 0 Å². The van der Waals surface area contributed by atoms with Gasteiger partial charge in [-0.25, -0.2) is 0 Å². The number of nitrogens with one attached hydrogen (secondary N) is 1. The lowest BCUT2D eigenvalue weighted by molar-refractivity contribution is -0.133. The van der Waals surface area contributed by atoms with Gasteiger partial charge in [0, 0.05) is 18.6 Å². The van der Waals surface area contributed by atoms with Gasteiger partial charge in [0.05, 0.1) is 6.10 Å². The van der Waals surface area contributed by atoms with Crippen molar-refractivity contribution < 1.29 is 9.53 Å². The maximum absolute atomic E-state index is 11.8. The molecule has 0 saturated heterocycles. The lowest BCUT2D eigenvalue weighted by Gasteiger charge is -2.41. The second-order valence-corrected chi connectivity index (χ2v) is 4.54. The molecule has 7 heteroatoms. The average molecular weight is 255 g/mol. The van der Waals surface area contributed by atoms with Crippen molar-refractivity contribution in [2.75, 3.05) is 20.2 Å². The van der Waals surface area contributed by atoms with E-state index in [1.54, 1.807) is 7.11 Å². The first-order chi connectivity index (χ1) is 8.67. The lowest BCUT2D eigenvalue weighted by atomic mass is 9.78. The highest BCUT2D eigenvalue weighted by molar-refractivity contribution is 5.85. The molecule has 18 heavy (non-hydrogen) atoms. The first-order valence-electron chi connectivity index (χ1n) is 6.26. The number of methoxy groups -OCH3 is 1. The molecule has 0 aromatic heterocycles. The van der Waals surface area contributed by atoms with Crippen molar-refractivity contribution in [3.8, 4) is 0 Å². The summed E-state index contributed by atoms with van der Waals surface area (Å²) < 4.78 is 5.40. The number of carbonyl (C=O) groups excluding carboxylic acids is 1. The van der Waals surface area contributed by atoms with Crippen LogP contribution >= 0.6 is 0 Å². The maximum Gasteiger partial charge on any atom is 0.240 e. The molecule has 0 radical (unpaired) electrons. The zero-order valence-corrected chi connectivity index (χ0v) is 10.8. The second-order valence-electron chi connectivity index (χ2n) is 4.54. The zero-order valence-electron chi connectivity index (χ0n) is 10.8. The molecular formula is C11H21N5O2. The normalized spacial score (nSPS) is 27.5. The van der Waals surface area contributed by atoms with Crippen LogP contribution in [0, 0.1) is 0 Å². The molecule has 0 aliphatic heterocycles. The van der Waals surface area contributed by atoms with Crippen molar-refractivity contribution in [2.24, 2.45) is 10.8 Å². The number of nitrogens with zero attached hydrogens (tertiary/aromatic N) is 3. The third-order valence-corrected chi connectivity index (χ3v) is 3.50. The topological polar surface area (TPSA) is 113 Å². The fourth-order valence-electron chi connectivity index (χ4n) is 2.54. The molecule has 2 unspecified atom stereocenters. The first kappa shape index (κ1) is 14.8. The van der Waals surface area contributed by atoms with Crippen LogP contribution in [-0.2, 0) is 9.53 Å². The molecule has 0 bridgehead atoms. The molecule has 1 rings (SSSR count). The van der Waals surface area contributed by atoms with Crippen LogP contribution in [0.1, 0.15) is 32.1 Å². The molecule has 3 N–H and O–H groups in total. The van der Waals surface area contributed by atoms with Crippen LogP contribution in [0.4, 0.5) is 0 Å². The van der Waals surface area contributed by atoms with E-state index >= 15 is 0 Å². The number of amides is 1. The molecule has 102 valence electrons. The number of carbonyl (C=O) groups is 1. The van der Waals surface area contributed by atoms with Gasteiger partial charge in [-0.1, -0.05) is 18.0 Å². The number of hydrogen-bond acceptors (Lipinski definition) is 4. The Morgan fingerprint density at radius 1 is 1.67 bits per heavy atom. The van der Waals surface area contributed by atoms with Crippen molar-refractivity contribution in [3.05, 3.63) is 10.4 Å². The molecule has 1 fully saturated rings. The summed E-state index contributed by atoms with van der Waals surface area (Å²) in [7, 11) is 1.61. The summed E-state index contributed by atoms with van der Waals surface area (Å²) in [6.07, 6.45) is 4.05. The molecule has 2 atom stereocenters. The van der Waals surface area contributed by atoms with E-state index in [9.17, 15) is 4.79 Å². The van der Waals surface area contributed by atoms with Crippen LogP contribution in [0.5, 0.6) is 0 Å². The maximum atomic E-state index is 11.8. The predicted molar refractivity (Wildman–Crippen MR) is 67.8 cm³/mol. The smallest absolute Gasteiger partial charge is 0.240 e. The van der Waals surface area contributed by atoms with Gasteiger partial charge in [-0.05, 0) is 31.3 Å². The third kappa shape index (κ3) is 3.35. The van der Waals surface area contributed by atoms with Gasteiger partial charge in [-0.15, -0.1) is 0 Å². The van der Waals surface area contributed by atoms with E-state index in [1.165, 1.54) is 0 Å². The summed E-state index contributed by atoms with van der Waals surface area (Å²) in [6.45, 7) is 0.998. The van der Waals surface area contributed by atoms with E-state index in [1.807, 2.05) is 0 Å². The summed E-state index contributed by atoms with van der Waals surface area (Å²) in [6, 6.07) is 0. The first-order valence-corrected chi connectivity index (χ1v) is 6.26. The molecule has 1 aliphatic rings. The third-order valence-electron chi connectivity index (χ3n) is 3.50. The van der Waals surface area contributed by atoms with Gasteiger partial charge in [0.2, 0.25) is 5.91 Å². The highest BCUT2D eigenvalue weighted by atomic mass is 16.5. The zero-order chi connectivity index (χ0) is 13.4. The summed E-state index contributed by atoms with van der Waals surface area (Å²) >= 11 is 0. The Bertz CT molecular complexity index is 329. The minimum atomic E-state index is -0.774. The van der Waals surface area contributed by atoms with Crippen LogP contribution < -0.4 is 11.1 Å². The number of azide groups is 1. The Labute approximate surface area is 107 Å². The highest BCUT2D eigenvalue weighted by Crippen LogP contribution is 2.30.